The Bertz CT molecular complexity index is 781. The van der Waals surface area contributed by atoms with Gasteiger partial charge >= 0.3 is 0 Å². The van der Waals surface area contributed by atoms with E-state index in [-0.39, 0.29) is 25.0 Å². The third-order valence-corrected chi connectivity index (χ3v) is 4.61. The van der Waals surface area contributed by atoms with Crippen LogP contribution in [0, 0.1) is 6.92 Å². The Labute approximate surface area is 168 Å². The third kappa shape index (κ3) is 6.69. The van der Waals surface area contributed by atoms with Gasteiger partial charge in [0.05, 0.1) is 13.2 Å². The number of nitrogens with zero attached hydrogens (tertiary/aromatic N) is 1. The Morgan fingerprint density at radius 1 is 1.19 bits per heavy atom. The zero-order valence-corrected chi connectivity index (χ0v) is 17.1. The number of anilines is 1. The maximum atomic E-state index is 12.2. The van der Waals surface area contributed by atoms with Crippen LogP contribution in [0.4, 0.5) is 5.69 Å². The van der Waals surface area contributed by atoms with E-state index in [0.29, 0.717) is 12.5 Å². The van der Waals surface area contributed by atoms with E-state index in [1.54, 1.807) is 7.05 Å². The van der Waals surface area contributed by atoms with Gasteiger partial charge in [0.1, 0.15) is 0 Å². The van der Waals surface area contributed by atoms with Gasteiger partial charge in [-0.2, -0.15) is 0 Å². The molecular weight excluding hydrogens is 408 g/mol. The van der Waals surface area contributed by atoms with Gasteiger partial charge in [0.25, 0.3) is 0 Å². The Morgan fingerprint density at radius 3 is 2.59 bits per heavy atom. The van der Waals surface area contributed by atoms with Gasteiger partial charge in [-0.05, 0) is 30.2 Å². The van der Waals surface area contributed by atoms with Crippen molar-refractivity contribution in [2.45, 2.75) is 12.8 Å². The number of benzene rings is 2. The molecule has 0 saturated heterocycles. The quantitative estimate of drug-likeness (QED) is 0.400. The minimum Gasteiger partial charge on any atom is -0.396 e. The molecule has 0 fully saturated rings. The Morgan fingerprint density at radius 2 is 1.93 bits per heavy atom. The number of aliphatic imine (C=N–C) groups is 1. The van der Waals surface area contributed by atoms with Crippen LogP contribution in [-0.2, 0) is 4.79 Å². The topological polar surface area (TPSA) is 85.8 Å². The number of aryl methyl sites for hydroxylation is 1. The summed E-state index contributed by atoms with van der Waals surface area (Å²) in [6.07, 6.45) is 0. The number of hydrogen-bond donors (Lipinski definition) is 4. The first-order valence-electron chi connectivity index (χ1n) is 8.69. The lowest BCUT2D eigenvalue weighted by molar-refractivity contribution is -0.115. The molecule has 0 bridgehead atoms. The monoisotopic (exact) mass is 432 g/mol. The van der Waals surface area contributed by atoms with Gasteiger partial charge in [0.15, 0.2) is 5.96 Å². The van der Waals surface area contributed by atoms with Crippen LogP contribution < -0.4 is 16.0 Å². The average molecular weight is 433 g/mol. The normalized spacial score (nSPS) is 12.4. The number of aliphatic hydroxyl groups is 1. The summed E-state index contributed by atoms with van der Waals surface area (Å²) in [5, 5.41) is 18.6. The lowest BCUT2D eigenvalue weighted by Crippen LogP contribution is -2.43. The fourth-order valence-corrected chi connectivity index (χ4v) is 2.90. The summed E-state index contributed by atoms with van der Waals surface area (Å²) in [6, 6.07) is 15.5. The molecule has 0 aromatic heterocycles. The predicted molar refractivity (Wildman–Crippen MR) is 113 cm³/mol. The summed E-state index contributed by atoms with van der Waals surface area (Å²) >= 11 is 3.40. The Kier molecular flexibility index (Phi) is 8.29. The summed E-state index contributed by atoms with van der Waals surface area (Å²) in [5.74, 6) is 0.286. The van der Waals surface area contributed by atoms with Crippen LogP contribution in [0.15, 0.2) is 58.0 Å². The number of aliphatic hydroxyl groups excluding tert-OH is 1. The summed E-state index contributed by atoms with van der Waals surface area (Å²) in [5.41, 5.74) is 2.80. The molecule has 2 aromatic rings. The second-order valence-corrected chi connectivity index (χ2v) is 7.02. The zero-order chi connectivity index (χ0) is 19.6. The van der Waals surface area contributed by atoms with Crippen LogP contribution in [0.5, 0.6) is 0 Å². The smallest absolute Gasteiger partial charge is 0.243 e. The number of nitrogens with one attached hydrogen (secondary N) is 3. The molecule has 7 heteroatoms. The number of guanidine groups is 1. The first-order valence-corrected chi connectivity index (χ1v) is 9.49. The van der Waals surface area contributed by atoms with Gasteiger partial charge in [-0.15, -0.1) is 0 Å². The van der Waals surface area contributed by atoms with Crippen LogP contribution in [0.3, 0.4) is 0 Å². The van der Waals surface area contributed by atoms with Crippen LogP contribution in [0.2, 0.25) is 0 Å². The van der Waals surface area contributed by atoms with Gasteiger partial charge in [-0.25, -0.2) is 0 Å². The fraction of sp³-hybridized carbons (Fsp3) is 0.300. The lowest BCUT2D eigenvalue weighted by atomic mass is 10.0. The van der Waals surface area contributed by atoms with E-state index in [4.69, 9.17) is 0 Å². The highest BCUT2D eigenvalue weighted by Gasteiger charge is 2.12. The molecule has 0 saturated carbocycles. The van der Waals surface area contributed by atoms with Crippen LogP contribution in [-0.4, -0.2) is 43.7 Å². The summed E-state index contributed by atoms with van der Waals surface area (Å²) in [6.45, 7) is 2.55. The number of rotatable bonds is 7. The van der Waals surface area contributed by atoms with Crippen LogP contribution in [0.1, 0.15) is 17.0 Å². The van der Waals surface area contributed by atoms with Gasteiger partial charge in [-0.3, -0.25) is 9.79 Å². The van der Waals surface area contributed by atoms with Gasteiger partial charge in [-0.1, -0.05) is 52.3 Å². The molecule has 2 aromatic carbocycles. The van der Waals surface area contributed by atoms with Crippen molar-refractivity contribution in [2.24, 2.45) is 4.99 Å². The van der Waals surface area contributed by atoms with Crippen LogP contribution >= 0.6 is 15.9 Å². The van der Waals surface area contributed by atoms with Crippen molar-refractivity contribution >= 4 is 33.5 Å². The van der Waals surface area contributed by atoms with Gasteiger partial charge in [0, 0.05) is 29.7 Å². The molecule has 0 aliphatic heterocycles. The van der Waals surface area contributed by atoms with E-state index >= 15 is 0 Å². The molecular formula is C20H25BrN4O2. The van der Waals surface area contributed by atoms with Gasteiger partial charge < -0.3 is 21.1 Å². The zero-order valence-electron chi connectivity index (χ0n) is 15.5. The molecule has 0 aliphatic carbocycles. The lowest BCUT2D eigenvalue weighted by Gasteiger charge is -2.18. The molecule has 0 heterocycles. The first-order chi connectivity index (χ1) is 13.0. The van der Waals surface area contributed by atoms with E-state index in [9.17, 15) is 9.90 Å². The third-order valence-electron chi connectivity index (χ3n) is 4.12. The van der Waals surface area contributed by atoms with Crippen molar-refractivity contribution in [3.05, 3.63) is 64.1 Å². The van der Waals surface area contributed by atoms with E-state index in [2.05, 4.69) is 36.9 Å². The highest BCUT2D eigenvalue weighted by Crippen LogP contribution is 2.20. The highest BCUT2D eigenvalue weighted by atomic mass is 79.9. The average Bonchev–Trinajstić information content (AvgIpc) is 2.68. The number of halogens is 1. The first kappa shape index (κ1) is 20.9. The molecule has 6 nitrogen and oxygen atoms in total. The van der Waals surface area contributed by atoms with Crippen molar-refractivity contribution < 1.29 is 9.90 Å². The molecule has 1 atom stereocenters. The largest absolute Gasteiger partial charge is 0.396 e. The van der Waals surface area contributed by atoms with Crippen LogP contribution in [0.25, 0.3) is 0 Å². The molecule has 2 rings (SSSR count). The Hall–Kier alpha value is -2.38. The SMILES string of the molecule is CN=C(NCC(=O)Nc1cc(Br)ccc1C)NCC(CO)c1ccccc1. The second kappa shape index (κ2) is 10.7. The minimum absolute atomic E-state index is 0.0245. The number of carbonyl (C=O) groups excluding carboxylic acids is 1. The van der Waals surface area contributed by atoms with Crippen molar-refractivity contribution in [3.63, 3.8) is 0 Å². The molecule has 0 aliphatic rings. The predicted octanol–water partition coefficient (Wildman–Crippen LogP) is 2.64. The highest BCUT2D eigenvalue weighted by molar-refractivity contribution is 9.10. The maximum Gasteiger partial charge on any atom is 0.243 e. The van der Waals surface area contributed by atoms with Gasteiger partial charge in [0.2, 0.25) is 5.91 Å². The molecule has 0 spiro atoms. The second-order valence-electron chi connectivity index (χ2n) is 6.10. The number of amides is 1. The summed E-state index contributed by atoms with van der Waals surface area (Å²) in [7, 11) is 1.64. The minimum atomic E-state index is -0.166. The number of hydrogen-bond acceptors (Lipinski definition) is 3. The molecule has 4 N–H and O–H groups in total. The van der Waals surface area contributed by atoms with Crippen molar-refractivity contribution in [1.29, 1.82) is 0 Å². The van der Waals surface area contributed by atoms with E-state index < -0.39 is 0 Å². The van der Waals surface area contributed by atoms with E-state index in [0.717, 1.165) is 21.3 Å². The summed E-state index contributed by atoms with van der Waals surface area (Å²) in [4.78, 5) is 16.3. The Balaban J connectivity index is 1.84. The molecule has 1 unspecified atom stereocenters. The van der Waals surface area contributed by atoms with Crippen molar-refractivity contribution in [2.75, 3.05) is 32.1 Å². The number of carbonyl (C=O) groups is 1. The fourth-order valence-electron chi connectivity index (χ4n) is 2.54. The van der Waals surface area contributed by atoms with Crippen molar-refractivity contribution in [3.8, 4) is 0 Å². The van der Waals surface area contributed by atoms with Crippen molar-refractivity contribution in [1.82, 2.24) is 10.6 Å². The molecule has 0 radical (unpaired) electrons. The molecule has 1 amide bonds. The standard InChI is InChI=1S/C20H25BrN4O2/c1-14-8-9-17(21)10-18(14)25-19(27)12-24-20(22-2)23-11-16(13-26)15-6-4-3-5-7-15/h3-10,16,26H,11-13H2,1-2H3,(H,25,27)(H2,22,23,24). The van der Waals surface area contributed by atoms with E-state index in [1.165, 1.54) is 0 Å². The molecule has 27 heavy (non-hydrogen) atoms. The molecule has 144 valence electrons. The van der Waals surface area contributed by atoms with E-state index in [1.807, 2.05) is 55.5 Å². The summed E-state index contributed by atoms with van der Waals surface area (Å²) < 4.78 is 0.907. The maximum absolute atomic E-state index is 12.2.